The van der Waals surface area contributed by atoms with Gasteiger partial charge < -0.3 is 10.2 Å². The topological polar surface area (TPSA) is 45.2 Å². The minimum absolute atomic E-state index is 0.0408. The van der Waals surface area contributed by atoms with E-state index in [1.54, 1.807) is 18.1 Å². The number of nitrogens with one attached hydrogen (secondary N) is 1. The first-order valence-corrected chi connectivity index (χ1v) is 6.91. The maximum Gasteiger partial charge on any atom is 0.241 e. The number of amides is 1. The molecule has 20 heavy (non-hydrogen) atoms. The fraction of sp³-hybridized carbons (Fsp3) is 0.333. The van der Waals surface area contributed by atoms with Crippen molar-refractivity contribution in [3.63, 3.8) is 0 Å². The molecular formula is C15H18ClN3O. The summed E-state index contributed by atoms with van der Waals surface area (Å²) in [5, 5.41) is 4.67. The monoisotopic (exact) mass is 291 g/mol. The number of carbonyl (C=O) groups excluding carboxylic acids is 1. The van der Waals surface area contributed by atoms with E-state index in [4.69, 9.17) is 11.6 Å². The molecular weight excluding hydrogens is 274 g/mol. The van der Waals surface area contributed by atoms with Crippen molar-refractivity contribution >= 4 is 34.1 Å². The lowest BCUT2D eigenvalue weighted by Gasteiger charge is -2.22. The number of anilines is 1. The normalized spacial score (nSPS) is 10.8. The van der Waals surface area contributed by atoms with E-state index in [2.05, 4.69) is 10.3 Å². The first-order valence-electron chi connectivity index (χ1n) is 6.53. The van der Waals surface area contributed by atoms with Gasteiger partial charge in [0.2, 0.25) is 5.91 Å². The van der Waals surface area contributed by atoms with Crippen LogP contribution >= 0.6 is 11.6 Å². The SMILES string of the molecule is CC(C)N(C)C(=O)CNc1ccc(Cl)c2cccnc12. The van der Waals surface area contributed by atoms with Gasteiger partial charge in [-0.2, -0.15) is 0 Å². The van der Waals surface area contributed by atoms with Gasteiger partial charge in [0.05, 0.1) is 22.8 Å². The number of fused-ring (bicyclic) bond motifs is 1. The Morgan fingerprint density at radius 2 is 2.15 bits per heavy atom. The van der Waals surface area contributed by atoms with E-state index in [9.17, 15) is 4.79 Å². The highest BCUT2D eigenvalue weighted by Gasteiger charge is 2.12. The van der Waals surface area contributed by atoms with Crippen LogP contribution in [0.4, 0.5) is 5.69 Å². The van der Waals surface area contributed by atoms with Crippen molar-refractivity contribution in [1.29, 1.82) is 0 Å². The largest absolute Gasteiger partial charge is 0.374 e. The first-order chi connectivity index (χ1) is 9.50. The quantitative estimate of drug-likeness (QED) is 0.941. The van der Waals surface area contributed by atoms with Crippen LogP contribution in [0.2, 0.25) is 5.02 Å². The molecule has 1 N–H and O–H groups in total. The van der Waals surface area contributed by atoms with Gasteiger partial charge in [-0.25, -0.2) is 0 Å². The molecule has 4 nitrogen and oxygen atoms in total. The average Bonchev–Trinajstić information content (AvgIpc) is 2.45. The van der Waals surface area contributed by atoms with Crippen LogP contribution in [0.25, 0.3) is 10.9 Å². The molecule has 0 bridgehead atoms. The Kier molecular flexibility index (Phi) is 4.45. The Hall–Kier alpha value is -1.81. The summed E-state index contributed by atoms with van der Waals surface area (Å²) >= 11 is 6.14. The van der Waals surface area contributed by atoms with Crippen molar-refractivity contribution in [2.75, 3.05) is 18.9 Å². The van der Waals surface area contributed by atoms with Gasteiger partial charge in [-0.15, -0.1) is 0 Å². The minimum Gasteiger partial charge on any atom is -0.374 e. The van der Waals surface area contributed by atoms with Crippen LogP contribution in [0, 0.1) is 0 Å². The minimum atomic E-state index is 0.0408. The zero-order valence-electron chi connectivity index (χ0n) is 11.9. The first kappa shape index (κ1) is 14.6. The van der Waals surface area contributed by atoms with E-state index in [0.29, 0.717) is 5.02 Å². The molecule has 0 fully saturated rings. The molecule has 106 valence electrons. The fourth-order valence-corrected chi connectivity index (χ4v) is 2.08. The maximum absolute atomic E-state index is 12.0. The van der Waals surface area contributed by atoms with Crippen molar-refractivity contribution in [2.45, 2.75) is 19.9 Å². The number of benzene rings is 1. The average molecular weight is 292 g/mol. The number of hydrogen-bond donors (Lipinski definition) is 1. The third kappa shape index (κ3) is 3.02. The molecule has 0 unspecified atom stereocenters. The summed E-state index contributed by atoms with van der Waals surface area (Å²) < 4.78 is 0. The molecule has 1 aromatic carbocycles. The highest BCUT2D eigenvalue weighted by atomic mass is 35.5. The molecule has 1 aromatic heterocycles. The van der Waals surface area contributed by atoms with E-state index >= 15 is 0 Å². The Balaban J connectivity index is 2.19. The van der Waals surface area contributed by atoms with Crippen molar-refractivity contribution in [2.24, 2.45) is 0 Å². The van der Waals surface area contributed by atoms with Gasteiger partial charge in [0.15, 0.2) is 0 Å². The Morgan fingerprint density at radius 3 is 2.85 bits per heavy atom. The molecule has 5 heteroatoms. The van der Waals surface area contributed by atoms with Gasteiger partial charge in [-0.3, -0.25) is 9.78 Å². The predicted octanol–water partition coefficient (Wildman–Crippen LogP) is 3.17. The van der Waals surface area contributed by atoms with E-state index in [1.807, 2.05) is 38.1 Å². The summed E-state index contributed by atoms with van der Waals surface area (Å²) in [4.78, 5) is 18.0. The van der Waals surface area contributed by atoms with Gasteiger partial charge in [-0.1, -0.05) is 11.6 Å². The Bertz CT molecular complexity index is 628. The van der Waals surface area contributed by atoms with Gasteiger partial charge in [0.25, 0.3) is 0 Å². The molecule has 0 aliphatic carbocycles. The smallest absolute Gasteiger partial charge is 0.241 e. The molecule has 1 amide bonds. The summed E-state index contributed by atoms with van der Waals surface area (Å²) in [7, 11) is 1.80. The lowest BCUT2D eigenvalue weighted by atomic mass is 10.2. The van der Waals surface area contributed by atoms with Gasteiger partial charge >= 0.3 is 0 Å². The van der Waals surface area contributed by atoms with E-state index < -0.39 is 0 Å². The second kappa shape index (κ2) is 6.09. The standard InChI is InChI=1S/C15H18ClN3O/c1-10(2)19(3)14(20)9-18-13-7-6-12(16)11-5-4-8-17-15(11)13/h4-8,10,18H,9H2,1-3H3. The van der Waals surface area contributed by atoms with E-state index in [1.165, 1.54) is 0 Å². The summed E-state index contributed by atoms with van der Waals surface area (Å²) in [6, 6.07) is 7.60. The van der Waals surface area contributed by atoms with Crippen LogP contribution in [-0.4, -0.2) is 35.4 Å². The van der Waals surface area contributed by atoms with Gasteiger partial charge in [0, 0.05) is 24.7 Å². The molecule has 0 saturated carbocycles. The third-order valence-electron chi connectivity index (χ3n) is 3.31. The number of nitrogens with zero attached hydrogens (tertiary/aromatic N) is 2. The lowest BCUT2D eigenvalue weighted by molar-refractivity contribution is -0.129. The van der Waals surface area contributed by atoms with Crippen LogP contribution < -0.4 is 5.32 Å². The number of hydrogen-bond acceptors (Lipinski definition) is 3. The molecule has 2 rings (SSSR count). The van der Waals surface area contributed by atoms with Gasteiger partial charge in [0.1, 0.15) is 0 Å². The molecule has 0 aliphatic rings. The van der Waals surface area contributed by atoms with Crippen LogP contribution in [0.1, 0.15) is 13.8 Å². The number of likely N-dealkylation sites (N-methyl/N-ethyl adjacent to an activating group) is 1. The predicted molar refractivity (Wildman–Crippen MR) is 83.1 cm³/mol. The summed E-state index contributed by atoms with van der Waals surface area (Å²) in [6.07, 6.45) is 1.71. The number of rotatable bonds is 4. The molecule has 0 spiro atoms. The van der Waals surface area contributed by atoms with Crippen molar-refractivity contribution < 1.29 is 4.79 Å². The van der Waals surface area contributed by atoms with Crippen molar-refractivity contribution in [3.05, 3.63) is 35.5 Å². The molecule has 1 heterocycles. The molecule has 2 aromatic rings. The number of pyridine rings is 1. The maximum atomic E-state index is 12.0. The highest BCUT2D eigenvalue weighted by molar-refractivity contribution is 6.35. The number of halogens is 1. The molecule has 0 saturated heterocycles. The second-order valence-corrected chi connectivity index (χ2v) is 5.35. The third-order valence-corrected chi connectivity index (χ3v) is 3.64. The van der Waals surface area contributed by atoms with E-state index in [-0.39, 0.29) is 18.5 Å². The zero-order valence-corrected chi connectivity index (χ0v) is 12.6. The van der Waals surface area contributed by atoms with Crippen molar-refractivity contribution in [3.8, 4) is 0 Å². The molecule has 0 aliphatic heterocycles. The van der Waals surface area contributed by atoms with Gasteiger partial charge in [-0.05, 0) is 38.1 Å². The zero-order chi connectivity index (χ0) is 14.7. The second-order valence-electron chi connectivity index (χ2n) is 4.95. The van der Waals surface area contributed by atoms with Crippen molar-refractivity contribution in [1.82, 2.24) is 9.88 Å². The Morgan fingerprint density at radius 1 is 1.40 bits per heavy atom. The summed E-state index contributed by atoms with van der Waals surface area (Å²) in [5.41, 5.74) is 1.59. The van der Waals surface area contributed by atoms with Crippen LogP contribution in [-0.2, 0) is 4.79 Å². The molecule has 0 atom stereocenters. The van der Waals surface area contributed by atoms with Crippen LogP contribution in [0.5, 0.6) is 0 Å². The summed E-state index contributed by atoms with van der Waals surface area (Å²) in [5.74, 6) is 0.0408. The number of carbonyl (C=O) groups is 1. The van der Waals surface area contributed by atoms with E-state index in [0.717, 1.165) is 16.6 Å². The molecule has 0 radical (unpaired) electrons. The number of aromatic nitrogens is 1. The fourth-order valence-electron chi connectivity index (χ4n) is 1.86. The lowest BCUT2D eigenvalue weighted by Crippen LogP contribution is -2.37. The summed E-state index contributed by atoms with van der Waals surface area (Å²) in [6.45, 7) is 4.20. The van der Waals surface area contributed by atoms with Crippen LogP contribution in [0.3, 0.4) is 0 Å². The Labute approximate surface area is 123 Å². The highest BCUT2D eigenvalue weighted by Crippen LogP contribution is 2.27. The van der Waals surface area contributed by atoms with Crippen LogP contribution in [0.15, 0.2) is 30.5 Å².